The number of rotatable bonds is 4. The molecule has 0 saturated carbocycles. The van der Waals surface area contributed by atoms with Crippen LogP contribution in [0, 0.1) is 6.92 Å². The highest BCUT2D eigenvalue weighted by Crippen LogP contribution is 2.45. The minimum absolute atomic E-state index is 1.08. The highest BCUT2D eigenvalue weighted by molar-refractivity contribution is 6.21. The van der Waals surface area contributed by atoms with Crippen molar-refractivity contribution >= 4 is 37.9 Å². The van der Waals surface area contributed by atoms with Crippen molar-refractivity contribution in [3.63, 3.8) is 0 Å². The Bertz CT molecular complexity index is 2520. The summed E-state index contributed by atoms with van der Waals surface area (Å²) < 4.78 is 0. The van der Waals surface area contributed by atoms with Crippen LogP contribution in [-0.4, -0.2) is 0 Å². The molecule has 55 heavy (non-hydrogen) atoms. The van der Waals surface area contributed by atoms with E-state index in [0.717, 1.165) is 12.8 Å². The third-order valence-electron chi connectivity index (χ3n) is 9.96. The lowest BCUT2D eigenvalue weighted by atomic mass is 9.83. The fourth-order valence-electron chi connectivity index (χ4n) is 7.83. The Hall–Kier alpha value is -5.72. The zero-order valence-corrected chi connectivity index (χ0v) is 34.5. The first kappa shape index (κ1) is 40.5. The van der Waals surface area contributed by atoms with Crippen molar-refractivity contribution in [1.82, 2.24) is 0 Å². The standard InChI is InChI=1S/C47H34.4C2H6/c1-31-26-27-44-45(28-31)47(37-19-9-17-35(30-37)41-25-11-15-33-13-3-5-21-39(33)41)43-23-7-6-22-42(43)46(44)36-18-8-16-34(29-36)40-24-10-14-32-12-2-4-20-38(32)40;4*1-2/h2-10,12-14,16-30H,11,15H2,1H3;4*1-2H3. The molecule has 0 fully saturated rings. The van der Waals surface area contributed by atoms with E-state index >= 15 is 0 Å². The van der Waals surface area contributed by atoms with Gasteiger partial charge >= 0.3 is 0 Å². The summed E-state index contributed by atoms with van der Waals surface area (Å²) >= 11 is 0. The van der Waals surface area contributed by atoms with Crippen molar-refractivity contribution in [2.75, 3.05) is 0 Å². The van der Waals surface area contributed by atoms with E-state index in [9.17, 15) is 0 Å². The first-order chi connectivity index (χ1) is 27.2. The highest BCUT2D eigenvalue weighted by atomic mass is 14.2. The molecule has 0 aliphatic heterocycles. The maximum absolute atomic E-state index is 2.42. The topological polar surface area (TPSA) is 0 Å². The number of fused-ring (bicyclic) bond motifs is 4. The fourth-order valence-corrected chi connectivity index (χ4v) is 7.83. The van der Waals surface area contributed by atoms with E-state index in [0.29, 0.717) is 0 Å². The first-order valence-corrected chi connectivity index (χ1v) is 20.7. The number of hydrogen-bond donors (Lipinski definition) is 0. The molecule has 0 unspecified atom stereocenters. The van der Waals surface area contributed by atoms with Gasteiger partial charge in [0, 0.05) is 0 Å². The summed E-state index contributed by atoms with van der Waals surface area (Å²) in [5, 5.41) is 7.69. The van der Waals surface area contributed by atoms with Crippen LogP contribution in [0.1, 0.15) is 84.1 Å². The van der Waals surface area contributed by atoms with Crippen molar-refractivity contribution in [3.05, 3.63) is 186 Å². The molecule has 0 saturated heterocycles. The van der Waals surface area contributed by atoms with Gasteiger partial charge in [-0.3, -0.25) is 0 Å². The van der Waals surface area contributed by atoms with Crippen molar-refractivity contribution in [2.45, 2.75) is 75.2 Å². The van der Waals surface area contributed by atoms with E-state index < -0.39 is 0 Å². The third-order valence-corrected chi connectivity index (χ3v) is 9.96. The Morgan fingerprint density at radius 2 is 0.855 bits per heavy atom. The van der Waals surface area contributed by atoms with Gasteiger partial charge in [0.1, 0.15) is 0 Å². The summed E-state index contributed by atoms with van der Waals surface area (Å²) in [7, 11) is 0. The molecule has 0 atom stereocenters. The van der Waals surface area contributed by atoms with Crippen LogP contribution >= 0.6 is 0 Å². The first-order valence-electron chi connectivity index (χ1n) is 20.7. The van der Waals surface area contributed by atoms with Gasteiger partial charge in [-0.25, -0.2) is 0 Å². The van der Waals surface area contributed by atoms with E-state index in [2.05, 4.69) is 171 Å². The Morgan fingerprint density at radius 3 is 1.56 bits per heavy atom. The molecule has 8 aromatic rings. The molecule has 0 amide bonds. The smallest absolute Gasteiger partial charge is 0.00261 e. The van der Waals surface area contributed by atoms with Gasteiger partial charge in [0.25, 0.3) is 0 Å². The molecule has 8 aromatic carbocycles. The van der Waals surface area contributed by atoms with Gasteiger partial charge in [0.2, 0.25) is 0 Å². The van der Waals surface area contributed by atoms with Crippen LogP contribution in [0.3, 0.4) is 0 Å². The minimum Gasteiger partial charge on any atom is -0.0757 e. The molecule has 0 bridgehead atoms. The average Bonchev–Trinajstić information content (AvgIpc) is 3.28. The second kappa shape index (κ2) is 19.6. The van der Waals surface area contributed by atoms with Gasteiger partial charge in [-0.2, -0.15) is 0 Å². The second-order valence-electron chi connectivity index (χ2n) is 12.8. The normalized spacial score (nSPS) is 11.3. The molecule has 0 radical (unpaired) electrons. The molecule has 9 rings (SSSR count). The Kier molecular flexibility index (Phi) is 14.4. The number of benzene rings is 8. The summed E-state index contributed by atoms with van der Waals surface area (Å²) in [6.45, 7) is 18.2. The molecular weight excluding hydrogens is 661 g/mol. The van der Waals surface area contributed by atoms with Crippen molar-refractivity contribution in [3.8, 4) is 33.4 Å². The summed E-state index contributed by atoms with van der Waals surface area (Å²) in [5.74, 6) is 0. The predicted molar refractivity (Wildman–Crippen MR) is 247 cm³/mol. The van der Waals surface area contributed by atoms with E-state index in [1.165, 1.54) is 93.5 Å². The SMILES string of the molecule is CC.CC.CC.CC.Cc1ccc2c(-c3cccc(-c4cccc5ccccc45)c3)c3ccccc3c(-c3cccc(C4=CCCc5ccccc54)c3)c2c1. The number of allylic oxidation sites excluding steroid dienone is 1. The van der Waals surface area contributed by atoms with Crippen molar-refractivity contribution in [2.24, 2.45) is 0 Å². The fraction of sp³-hybridized carbons (Fsp3) is 0.200. The van der Waals surface area contributed by atoms with Crippen LogP contribution < -0.4 is 0 Å². The molecule has 1 aliphatic rings. The quantitative estimate of drug-likeness (QED) is 0.159. The predicted octanol–water partition coefficient (Wildman–Crippen LogP) is 16.9. The van der Waals surface area contributed by atoms with E-state index in [1.54, 1.807) is 0 Å². The summed E-state index contributed by atoms with van der Waals surface area (Å²) in [5.41, 5.74) is 14.3. The molecule has 0 spiro atoms. The summed E-state index contributed by atoms with van der Waals surface area (Å²) in [4.78, 5) is 0. The van der Waals surface area contributed by atoms with Crippen LogP contribution in [0.15, 0.2) is 164 Å². The van der Waals surface area contributed by atoms with Crippen molar-refractivity contribution in [1.29, 1.82) is 0 Å². The maximum Gasteiger partial charge on any atom is -0.00261 e. The van der Waals surface area contributed by atoms with Crippen LogP contribution in [0.5, 0.6) is 0 Å². The van der Waals surface area contributed by atoms with E-state index in [4.69, 9.17) is 0 Å². The molecule has 0 aromatic heterocycles. The van der Waals surface area contributed by atoms with Gasteiger partial charge in [-0.15, -0.1) is 0 Å². The average molecular weight is 719 g/mol. The lowest BCUT2D eigenvalue weighted by Crippen LogP contribution is -2.00. The van der Waals surface area contributed by atoms with Gasteiger partial charge in [-0.1, -0.05) is 213 Å². The third kappa shape index (κ3) is 8.20. The van der Waals surface area contributed by atoms with Crippen molar-refractivity contribution < 1.29 is 0 Å². The summed E-state index contributed by atoms with van der Waals surface area (Å²) in [6.07, 6.45) is 4.61. The largest absolute Gasteiger partial charge is 0.0757 e. The number of hydrogen-bond acceptors (Lipinski definition) is 0. The zero-order chi connectivity index (χ0) is 39.3. The molecule has 0 heteroatoms. The minimum atomic E-state index is 1.08. The van der Waals surface area contributed by atoms with Crippen LogP contribution in [0.2, 0.25) is 0 Å². The molecular formula is C55H58. The van der Waals surface area contributed by atoms with E-state index in [1.807, 2.05) is 55.4 Å². The Morgan fingerprint density at radius 1 is 0.364 bits per heavy atom. The molecule has 0 heterocycles. The summed E-state index contributed by atoms with van der Waals surface area (Å²) in [6, 6.07) is 58.5. The molecule has 0 nitrogen and oxygen atoms in total. The second-order valence-corrected chi connectivity index (χ2v) is 12.8. The van der Waals surface area contributed by atoms with Gasteiger partial charge < -0.3 is 0 Å². The van der Waals surface area contributed by atoms with Gasteiger partial charge in [-0.05, 0) is 120 Å². The monoisotopic (exact) mass is 718 g/mol. The lowest BCUT2D eigenvalue weighted by molar-refractivity contribution is 0.978. The maximum atomic E-state index is 2.42. The zero-order valence-electron chi connectivity index (χ0n) is 34.5. The van der Waals surface area contributed by atoms with Crippen LogP contribution in [0.4, 0.5) is 0 Å². The van der Waals surface area contributed by atoms with Crippen LogP contribution in [0.25, 0.3) is 71.3 Å². The van der Waals surface area contributed by atoms with Crippen LogP contribution in [-0.2, 0) is 6.42 Å². The molecule has 0 N–H and O–H groups in total. The molecule has 1 aliphatic carbocycles. The number of aryl methyl sites for hydroxylation is 2. The Labute approximate surface area is 331 Å². The van der Waals surface area contributed by atoms with E-state index in [-0.39, 0.29) is 0 Å². The Balaban J connectivity index is 0.000000683. The molecule has 278 valence electrons. The van der Waals surface area contributed by atoms with Gasteiger partial charge in [0.05, 0.1) is 0 Å². The lowest BCUT2D eigenvalue weighted by Gasteiger charge is -2.21. The highest BCUT2D eigenvalue weighted by Gasteiger charge is 2.19. The van der Waals surface area contributed by atoms with Gasteiger partial charge in [0.15, 0.2) is 0 Å².